The van der Waals surface area contributed by atoms with Crippen LogP contribution in [0.15, 0.2) is 24.4 Å². The fraction of sp³-hybridized carbons (Fsp3) is 0.654. The Bertz CT molecular complexity index is 892. The topological polar surface area (TPSA) is 65.8 Å². The number of piperidine rings is 1. The van der Waals surface area contributed by atoms with Gasteiger partial charge in [-0.3, -0.25) is 4.98 Å². The van der Waals surface area contributed by atoms with Crippen molar-refractivity contribution >= 4 is 22.5 Å². The van der Waals surface area contributed by atoms with Gasteiger partial charge < -0.3 is 19.8 Å². The molecule has 0 bridgehead atoms. The molecular weight excluding hydrogens is 424 g/mol. The third-order valence-corrected chi connectivity index (χ3v) is 8.23. The minimum absolute atomic E-state index is 0.113. The first-order valence-corrected chi connectivity index (χ1v) is 12.5. The molecule has 1 unspecified atom stereocenters. The van der Waals surface area contributed by atoms with Gasteiger partial charge in [-0.05, 0) is 81.3 Å². The number of ether oxygens (including phenoxy) is 1. The summed E-state index contributed by atoms with van der Waals surface area (Å²) in [5.74, 6) is 1.64. The molecule has 2 heterocycles. The van der Waals surface area contributed by atoms with Gasteiger partial charge in [0.05, 0.1) is 23.8 Å². The highest BCUT2D eigenvalue weighted by atomic mass is 35.5. The Morgan fingerprint density at radius 2 is 2.00 bits per heavy atom. The summed E-state index contributed by atoms with van der Waals surface area (Å²) in [7, 11) is 1.63. The Balaban J connectivity index is 1.37. The van der Waals surface area contributed by atoms with E-state index in [2.05, 4.69) is 9.88 Å². The van der Waals surface area contributed by atoms with E-state index < -0.39 is 6.10 Å². The van der Waals surface area contributed by atoms with Gasteiger partial charge in [0.1, 0.15) is 5.75 Å². The van der Waals surface area contributed by atoms with Crippen LogP contribution in [-0.2, 0) is 0 Å². The molecule has 0 spiro atoms. The number of hydrogen-bond acceptors (Lipinski definition) is 5. The van der Waals surface area contributed by atoms with Crippen LogP contribution < -0.4 is 4.74 Å². The van der Waals surface area contributed by atoms with Crippen molar-refractivity contribution in [2.75, 3.05) is 33.4 Å². The van der Waals surface area contributed by atoms with Gasteiger partial charge in [0.2, 0.25) is 0 Å². The van der Waals surface area contributed by atoms with Crippen LogP contribution in [0.4, 0.5) is 0 Å². The highest BCUT2D eigenvalue weighted by molar-refractivity contribution is 6.32. The van der Waals surface area contributed by atoms with E-state index in [-0.39, 0.29) is 12.0 Å². The van der Waals surface area contributed by atoms with Crippen LogP contribution in [0, 0.1) is 11.3 Å². The number of likely N-dealkylation sites (tertiary alicyclic amines) is 1. The number of hydrogen-bond donors (Lipinski definition) is 2. The van der Waals surface area contributed by atoms with Gasteiger partial charge in [-0.2, -0.15) is 0 Å². The van der Waals surface area contributed by atoms with E-state index in [0.717, 1.165) is 49.2 Å². The van der Waals surface area contributed by atoms with E-state index in [9.17, 15) is 10.2 Å². The average molecular weight is 461 g/mol. The van der Waals surface area contributed by atoms with Gasteiger partial charge >= 0.3 is 0 Å². The SMILES string of the molecule is COc1ccc2ncc(Cl)c(C(O)CCC3(CO)CCN(CCC4CCCC4)CC3)c2c1. The molecule has 5 nitrogen and oxygen atoms in total. The lowest BCUT2D eigenvalue weighted by Crippen LogP contribution is -2.42. The molecule has 32 heavy (non-hydrogen) atoms. The van der Waals surface area contributed by atoms with Crippen molar-refractivity contribution in [2.24, 2.45) is 11.3 Å². The normalized spacial score (nSPS) is 20.6. The second kappa shape index (κ2) is 10.7. The maximum atomic E-state index is 11.1. The summed E-state index contributed by atoms with van der Waals surface area (Å²) in [4.78, 5) is 6.96. The molecule has 1 aromatic heterocycles. The predicted molar refractivity (Wildman–Crippen MR) is 129 cm³/mol. The monoisotopic (exact) mass is 460 g/mol. The predicted octanol–water partition coefficient (Wildman–Crippen LogP) is 5.37. The Labute approximate surface area is 196 Å². The van der Waals surface area contributed by atoms with Gasteiger partial charge in [-0.1, -0.05) is 37.3 Å². The summed E-state index contributed by atoms with van der Waals surface area (Å²) in [6.45, 7) is 3.45. The standard InChI is InChI=1S/C26H37ClN2O3/c1-32-20-6-7-23-21(16-20)25(22(27)17-28-23)24(31)8-10-26(18-30)11-14-29(15-12-26)13-9-19-4-2-3-5-19/h6-7,16-17,19,24,30-31H,2-5,8-15,18H2,1H3. The van der Waals surface area contributed by atoms with Gasteiger partial charge in [-0.15, -0.1) is 0 Å². The molecule has 1 aliphatic carbocycles. The van der Waals surface area contributed by atoms with Crippen LogP contribution in [0.2, 0.25) is 5.02 Å². The fourth-order valence-electron chi connectivity index (χ4n) is 5.62. The molecule has 6 heteroatoms. The molecular formula is C26H37ClN2O3. The van der Waals surface area contributed by atoms with E-state index >= 15 is 0 Å². The first-order valence-electron chi connectivity index (χ1n) is 12.2. The number of methoxy groups -OCH3 is 1. The zero-order valence-electron chi connectivity index (χ0n) is 19.2. The van der Waals surface area contributed by atoms with E-state index in [1.165, 1.54) is 38.6 Å². The molecule has 2 aliphatic rings. The number of halogens is 1. The van der Waals surface area contributed by atoms with Crippen LogP contribution in [0.5, 0.6) is 5.75 Å². The molecule has 1 atom stereocenters. The van der Waals surface area contributed by atoms with Gasteiger partial charge in [-0.25, -0.2) is 0 Å². The van der Waals surface area contributed by atoms with Crippen molar-refractivity contribution in [1.29, 1.82) is 0 Å². The number of nitrogens with zero attached hydrogens (tertiary/aromatic N) is 2. The molecule has 2 fully saturated rings. The summed E-state index contributed by atoms with van der Waals surface area (Å²) in [5, 5.41) is 22.7. The second-order valence-electron chi connectivity index (χ2n) is 9.90. The van der Waals surface area contributed by atoms with Crippen LogP contribution in [0.3, 0.4) is 0 Å². The largest absolute Gasteiger partial charge is 0.497 e. The molecule has 1 aliphatic heterocycles. The molecule has 2 N–H and O–H groups in total. The lowest BCUT2D eigenvalue weighted by Gasteiger charge is -2.41. The summed E-state index contributed by atoms with van der Waals surface area (Å²) < 4.78 is 5.36. The number of benzene rings is 1. The minimum Gasteiger partial charge on any atom is -0.497 e. The number of rotatable bonds is 9. The van der Waals surface area contributed by atoms with E-state index in [4.69, 9.17) is 16.3 Å². The Hall–Kier alpha value is -1.40. The first kappa shape index (κ1) is 23.7. The van der Waals surface area contributed by atoms with Gasteiger partial charge in [0.25, 0.3) is 0 Å². The molecule has 0 amide bonds. The average Bonchev–Trinajstić information content (AvgIpc) is 3.35. The van der Waals surface area contributed by atoms with Crippen LogP contribution in [-0.4, -0.2) is 53.4 Å². The molecule has 4 rings (SSSR count). The zero-order chi connectivity index (χ0) is 22.6. The Morgan fingerprint density at radius 3 is 2.69 bits per heavy atom. The minimum atomic E-state index is -0.705. The van der Waals surface area contributed by atoms with E-state index in [0.29, 0.717) is 22.8 Å². The highest BCUT2D eigenvalue weighted by Gasteiger charge is 2.35. The van der Waals surface area contributed by atoms with E-state index in [1.54, 1.807) is 13.3 Å². The molecule has 1 saturated heterocycles. The zero-order valence-corrected chi connectivity index (χ0v) is 20.0. The lowest BCUT2D eigenvalue weighted by molar-refractivity contribution is 0.0223. The van der Waals surface area contributed by atoms with Crippen LogP contribution in [0.25, 0.3) is 10.9 Å². The number of aromatic nitrogens is 1. The third kappa shape index (κ3) is 5.39. The summed E-state index contributed by atoms with van der Waals surface area (Å²) in [6.07, 6.45) is 11.2. The van der Waals surface area contributed by atoms with Crippen LogP contribution in [0.1, 0.15) is 69.5 Å². The van der Waals surface area contributed by atoms with Crippen molar-refractivity contribution < 1.29 is 14.9 Å². The third-order valence-electron chi connectivity index (χ3n) is 7.93. The number of aliphatic hydroxyl groups is 2. The quantitative estimate of drug-likeness (QED) is 0.527. The Kier molecular flexibility index (Phi) is 7.93. The lowest BCUT2D eigenvalue weighted by atomic mass is 9.74. The van der Waals surface area contributed by atoms with Crippen molar-refractivity contribution in [3.05, 3.63) is 35.0 Å². The van der Waals surface area contributed by atoms with Crippen LogP contribution >= 0.6 is 11.6 Å². The van der Waals surface area contributed by atoms with Gasteiger partial charge in [0.15, 0.2) is 0 Å². The first-order chi connectivity index (χ1) is 15.5. The smallest absolute Gasteiger partial charge is 0.119 e. The van der Waals surface area contributed by atoms with E-state index in [1.807, 2.05) is 18.2 Å². The molecule has 0 radical (unpaired) electrons. The summed E-state index contributed by atoms with van der Waals surface area (Å²) in [5.41, 5.74) is 1.38. The highest BCUT2D eigenvalue weighted by Crippen LogP contribution is 2.40. The fourth-order valence-corrected chi connectivity index (χ4v) is 5.90. The molecule has 1 saturated carbocycles. The van der Waals surface area contributed by atoms with Crippen molar-refractivity contribution in [1.82, 2.24) is 9.88 Å². The second-order valence-corrected chi connectivity index (χ2v) is 10.3. The summed E-state index contributed by atoms with van der Waals surface area (Å²) >= 11 is 6.47. The number of fused-ring (bicyclic) bond motifs is 1. The maximum absolute atomic E-state index is 11.1. The number of pyridine rings is 1. The molecule has 2 aromatic rings. The van der Waals surface area contributed by atoms with Crippen molar-refractivity contribution in [3.63, 3.8) is 0 Å². The summed E-state index contributed by atoms with van der Waals surface area (Å²) in [6, 6.07) is 5.63. The van der Waals surface area contributed by atoms with Gasteiger partial charge in [0, 0.05) is 23.8 Å². The molecule has 176 valence electrons. The van der Waals surface area contributed by atoms with Crippen molar-refractivity contribution in [3.8, 4) is 5.75 Å². The maximum Gasteiger partial charge on any atom is 0.119 e. The Morgan fingerprint density at radius 1 is 1.25 bits per heavy atom. The number of aliphatic hydroxyl groups excluding tert-OH is 2. The van der Waals surface area contributed by atoms with Crippen molar-refractivity contribution in [2.45, 2.75) is 63.9 Å². The molecule has 1 aromatic carbocycles.